The zero-order valence-corrected chi connectivity index (χ0v) is 16.7. The number of rotatable bonds is 7. The fourth-order valence-corrected chi connectivity index (χ4v) is 2.33. The number of amides is 2. The van der Waals surface area contributed by atoms with Crippen molar-refractivity contribution in [2.75, 3.05) is 30.4 Å². The van der Waals surface area contributed by atoms with Crippen molar-refractivity contribution >= 4 is 29.0 Å². The molecule has 0 radical (unpaired) electrons. The lowest BCUT2D eigenvalue weighted by atomic mass is 10.1. The largest absolute Gasteiger partial charge is 0.402 e. The zero-order chi connectivity index (χ0) is 20.4. The highest BCUT2D eigenvalue weighted by molar-refractivity contribution is 6.23. The topological polar surface area (TPSA) is 99.8 Å². The molecule has 0 unspecified atom stereocenters. The molecule has 0 fully saturated rings. The number of nitrogens with zero attached hydrogens (tertiary/aromatic N) is 2. The van der Waals surface area contributed by atoms with E-state index in [1.165, 1.54) is 17.9 Å². The predicted octanol–water partition coefficient (Wildman–Crippen LogP) is 2.42. The molecule has 0 atom stereocenters. The third kappa shape index (κ3) is 6.71. The van der Waals surface area contributed by atoms with Crippen LogP contribution in [0, 0.1) is 0 Å². The summed E-state index contributed by atoms with van der Waals surface area (Å²) in [5.41, 5.74) is 8.44. The van der Waals surface area contributed by atoms with Crippen LogP contribution in [0.3, 0.4) is 0 Å². The summed E-state index contributed by atoms with van der Waals surface area (Å²) in [6, 6.07) is 7.06. The lowest BCUT2D eigenvalue weighted by molar-refractivity contribution is -0.115. The van der Waals surface area contributed by atoms with Crippen LogP contribution in [-0.4, -0.2) is 37.8 Å². The highest BCUT2D eigenvalue weighted by Gasteiger charge is 2.21. The van der Waals surface area contributed by atoms with E-state index in [0.717, 1.165) is 5.57 Å². The first-order chi connectivity index (χ1) is 12.8. The van der Waals surface area contributed by atoms with Crippen LogP contribution < -0.4 is 21.3 Å². The molecule has 0 aromatic heterocycles. The Balaban J connectivity index is 3.23. The number of anilines is 2. The average Bonchev–Trinajstić information content (AvgIpc) is 2.61. The second-order valence-electron chi connectivity index (χ2n) is 5.96. The summed E-state index contributed by atoms with van der Waals surface area (Å²) < 4.78 is 0. The van der Waals surface area contributed by atoms with Gasteiger partial charge in [-0.2, -0.15) is 0 Å². The normalized spacial score (nSPS) is 12.7. The van der Waals surface area contributed by atoms with E-state index in [1.807, 2.05) is 13.8 Å². The van der Waals surface area contributed by atoms with Gasteiger partial charge < -0.3 is 16.4 Å². The van der Waals surface area contributed by atoms with Gasteiger partial charge in [0.25, 0.3) is 0 Å². The molecule has 1 aromatic carbocycles. The van der Waals surface area contributed by atoms with Crippen molar-refractivity contribution < 1.29 is 9.59 Å². The molecule has 1 aromatic rings. The standard InChI is InChI=1S/C20H29N5O2/c1-6-23-20(14(2)15(3)21)25(16(4)26)18-10-7-9-17(13-18)24-19(27)11-8-12-22-5/h7-11,13,22H,6,12,21H2,1-5H3,(H,24,27)/b11-8+,15-14+,23-20?. The quantitative estimate of drug-likeness (QED) is 0.389. The minimum absolute atomic E-state index is 0.194. The maximum atomic E-state index is 12.4. The third-order valence-corrected chi connectivity index (χ3v) is 3.72. The fraction of sp³-hybridized carbons (Fsp3) is 0.350. The first kappa shape index (κ1) is 22.1. The number of hydrogen-bond donors (Lipinski definition) is 3. The number of hydrogen-bond acceptors (Lipinski definition) is 5. The number of carbonyl (C=O) groups is 2. The van der Waals surface area contributed by atoms with Crippen LogP contribution >= 0.6 is 0 Å². The highest BCUT2D eigenvalue weighted by Crippen LogP contribution is 2.23. The summed E-state index contributed by atoms with van der Waals surface area (Å²) in [4.78, 5) is 30.3. The van der Waals surface area contributed by atoms with Crippen molar-refractivity contribution in [2.24, 2.45) is 10.7 Å². The van der Waals surface area contributed by atoms with Crippen molar-refractivity contribution in [1.82, 2.24) is 5.32 Å². The van der Waals surface area contributed by atoms with Crippen LogP contribution in [-0.2, 0) is 9.59 Å². The zero-order valence-electron chi connectivity index (χ0n) is 16.7. The minimum Gasteiger partial charge on any atom is -0.402 e. The van der Waals surface area contributed by atoms with Crippen LogP contribution in [0.15, 0.2) is 52.7 Å². The Morgan fingerprint density at radius 3 is 2.52 bits per heavy atom. The van der Waals surface area contributed by atoms with Crippen molar-refractivity contribution in [3.8, 4) is 0 Å². The maximum absolute atomic E-state index is 12.4. The molecular formula is C20H29N5O2. The monoisotopic (exact) mass is 371 g/mol. The number of amidine groups is 1. The summed E-state index contributed by atoms with van der Waals surface area (Å²) in [5, 5.41) is 5.72. The van der Waals surface area contributed by atoms with Gasteiger partial charge in [0.2, 0.25) is 11.8 Å². The molecule has 2 amide bonds. The Bertz CT molecular complexity index is 761. The van der Waals surface area contributed by atoms with Crippen LogP contribution in [0.2, 0.25) is 0 Å². The second-order valence-corrected chi connectivity index (χ2v) is 5.96. The molecule has 0 bridgehead atoms. The summed E-state index contributed by atoms with van der Waals surface area (Å²) in [7, 11) is 1.80. The van der Waals surface area contributed by atoms with E-state index in [9.17, 15) is 9.59 Å². The van der Waals surface area contributed by atoms with Gasteiger partial charge in [-0.15, -0.1) is 0 Å². The van der Waals surface area contributed by atoms with Gasteiger partial charge >= 0.3 is 0 Å². The Morgan fingerprint density at radius 2 is 1.96 bits per heavy atom. The van der Waals surface area contributed by atoms with E-state index in [4.69, 9.17) is 5.73 Å². The van der Waals surface area contributed by atoms with E-state index in [-0.39, 0.29) is 11.8 Å². The second kappa shape index (κ2) is 10.9. The minimum atomic E-state index is -0.242. The van der Waals surface area contributed by atoms with Crippen LogP contribution in [0.4, 0.5) is 11.4 Å². The van der Waals surface area contributed by atoms with Crippen molar-refractivity contribution in [3.63, 3.8) is 0 Å². The van der Waals surface area contributed by atoms with E-state index in [0.29, 0.717) is 36.0 Å². The molecule has 0 spiro atoms. The lowest BCUT2D eigenvalue weighted by Gasteiger charge is -2.25. The van der Waals surface area contributed by atoms with E-state index in [2.05, 4.69) is 15.6 Å². The summed E-state index contributed by atoms with van der Waals surface area (Å²) in [5.74, 6) is 0.0655. The molecule has 27 heavy (non-hydrogen) atoms. The van der Waals surface area contributed by atoms with E-state index in [1.54, 1.807) is 44.3 Å². The summed E-state index contributed by atoms with van der Waals surface area (Å²) in [6.07, 6.45) is 3.19. The Kier molecular flexibility index (Phi) is 8.95. The van der Waals surface area contributed by atoms with Gasteiger partial charge in [0, 0.05) is 43.0 Å². The summed E-state index contributed by atoms with van der Waals surface area (Å²) in [6.45, 7) is 8.08. The van der Waals surface area contributed by atoms with Gasteiger partial charge in [-0.3, -0.25) is 19.5 Å². The number of likely N-dealkylation sites (N-methyl/N-ethyl adjacent to an activating group) is 1. The van der Waals surface area contributed by atoms with E-state index >= 15 is 0 Å². The van der Waals surface area contributed by atoms with Gasteiger partial charge in [0.1, 0.15) is 5.84 Å². The Hall–Kier alpha value is -2.93. The number of benzene rings is 1. The molecule has 1 rings (SSSR count). The van der Waals surface area contributed by atoms with Crippen LogP contribution in [0.1, 0.15) is 27.7 Å². The first-order valence-electron chi connectivity index (χ1n) is 8.82. The number of nitrogens with two attached hydrogens (primary N) is 1. The van der Waals surface area contributed by atoms with Crippen molar-refractivity contribution in [3.05, 3.63) is 47.7 Å². The Labute approximate surface area is 161 Å². The predicted molar refractivity (Wildman–Crippen MR) is 112 cm³/mol. The maximum Gasteiger partial charge on any atom is 0.248 e. The highest BCUT2D eigenvalue weighted by atomic mass is 16.2. The SMILES string of the molecule is CCN=C(/C(C)=C(\C)N)N(C(C)=O)c1cccc(NC(=O)/C=C/CNC)c1. The molecular weight excluding hydrogens is 342 g/mol. The molecule has 0 aliphatic heterocycles. The molecule has 0 aliphatic rings. The third-order valence-electron chi connectivity index (χ3n) is 3.72. The van der Waals surface area contributed by atoms with Crippen LogP contribution in [0.5, 0.6) is 0 Å². The van der Waals surface area contributed by atoms with Crippen molar-refractivity contribution in [2.45, 2.75) is 27.7 Å². The molecule has 4 N–H and O–H groups in total. The Morgan fingerprint density at radius 1 is 1.26 bits per heavy atom. The molecule has 0 saturated heterocycles. The molecule has 0 heterocycles. The molecule has 7 heteroatoms. The number of nitrogens with one attached hydrogen (secondary N) is 2. The molecule has 0 saturated carbocycles. The lowest BCUT2D eigenvalue weighted by Crippen LogP contribution is -2.37. The van der Waals surface area contributed by atoms with E-state index < -0.39 is 0 Å². The van der Waals surface area contributed by atoms with Gasteiger partial charge in [-0.05, 0) is 46.0 Å². The fourth-order valence-electron chi connectivity index (χ4n) is 2.33. The average molecular weight is 371 g/mol. The number of allylic oxidation sites excluding steroid dienone is 1. The van der Waals surface area contributed by atoms with Gasteiger partial charge in [-0.25, -0.2) is 0 Å². The van der Waals surface area contributed by atoms with Crippen molar-refractivity contribution in [1.29, 1.82) is 0 Å². The van der Waals surface area contributed by atoms with Gasteiger partial charge in [0.05, 0.1) is 5.69 Å². The molecule has 7 nitrogen and oxygen atoms in total. The number of aliphatic imine (C=N–C) groups is 1. The molecule has 146 valence electrons. The van der Waals surface area contributed by atoms with Gasteiger partial charge in [0.15, 0.2) is 0 Å². The first-order valence-corrected chi connectivity index (χ1v) is 8.82. The number of carbonyl (C=O) groups excluding carboxylic acids is 2. The smallest absolute Gasteiger partial charge is 0.248 e. The molecule has 0 aliphatic carbocycles. The summed E-state index contributed by atoms with van der Waals surface area (Å²) >= 11 is 0. The van der Waals surface area contributed by atoms with Crippen LogP contribution in [0.25, 0.3) is 0 Å². The van der Waals surface area contributed by atoms with Gasteiger partial charge in [-0.1, -0.05) is 12.1 Å².